The van der Waals surface area contributed by atoms with E-state index in [0.29, 0.717) is 11.3 Å². The summed E-state index contributed by atoms with van der Waals surface area (Å²) in [4.78, 5) is 63.4. The van der Waals surface area contributed by atoms with Gasteiger partial charge < -0.3 is 36.9 Å². The first-order valence-corrected chi connectivity index (χ1v) is 12.1. The molecule has 2 aromatic rings. The van der Waals surface area contributed by atoms with Crippen LogP contribution in [0.25, 0.3) is 10.9 Å². The molecule has 12 nitrogen and oxygen atoms in total. The number of H-pyrrole nitrogens is 1. The van der Waals surface area contributed by atoms with E-state index in [2.05, 4.69) is 20.9 Å². The van der Waals surface area contributed by atoms with Gasteiger partial charge in [-0.1, -0.05) is 18.2 Å². The number of amides is 3. The SMILES string of the molecule is CSCCC(NC(=O)CN)C(=O)NC(Cc1c[nH]c2ccccc12)C(=O)NC(CC(=O)O)C(=O)O. The lowest BCUT2D eigenvalue weighted by molar-refractivity contribution is -0.147. The Morgan fingerprint density at radius 2 is 1.66 bits per heavy atom. The van der Waals surface area contributed by atoms with Crippen LogP contribution in [0.4, 0.5) is 0 Å². The molecule has 0 saturated heterocycles. The number of aromatic nitrogens is 1. The first-order chi connectivity index (χ1) is 16.7. The summed E-state index contributed by atoms with van der Waals surface area (Å²) in [7, 11) is 0. The number of carbonyl (C=O) groups excluding carboxylic acids is 3. The van der Waals surface area contributed by atoms with Crippen molar-refractivity contribution in [2.24, 2.45) is 5.73 Å². The number of benzene rings is 1. The van der Waals surface area contributed by atoms with Crippen molar-refractivity contribution in [1.29, 1.82) is 0 Å². The van der Waals surface area contributed by atoms with E-state index in [1.807, 2.05) is 24.5 Å². The fourth-order valence-corrected chi connectivity index (χ4v) is 3.88. The zero-order chi connectivity index (χ0) is 26.0. The molecular weight excluding hydrogens is 478 g/mol. The van der Waals surface area contributed by atoms with Gasteiger partial charge in [0.25, 0.3) is 0 Å². The Kier molecular flexibility index (Phi) is 10.5. The number of carboxylic acids is 2. The number of carbonyl (C=O) groups is 5. The molecule has 1 aromatic carbocycles. The molecule has 0 aliphatic rings. The van der Waals surface area contributed by atoms with E-state index in [1.54, 1.807) is 12.3 Å². The quantitative estimate of drug-likeness (QED) is 0.175. The Balaban J connectivity index is 2.31. The number of aliphatic carboxylic acids is 2. The number of carboxylic acid groups (broad SMARTS) is 2. The highest BCUT2D eigenvalue weighted by atomic mass is 32.2. The zero-order valence-corrected chi connectivity index (χ0v) is 19.9. The smallest absolute Gasteiger partial charge is 0.326 e. The molecule has 0 saturated carbocycles. The molecule has 3 atom stereocenters. The number of aromatic amines is 1. The summed E-state index contributed by atoms with van der Waals surface area (Å²) in [5.74, 6) is -4.45. The Bertz CT molecular complexity index is 1070. The van der Waals surface area contributed by atoms with E-state index < -0.39 is 54.2 Å². The van der Waals surface area contributed by atoms with Crippen LogP contribution < -0.4 is 21.7 Å². The van der Waals surface area contributed by atoms with Crippen molar-refractivity contribution in [3.05, 3.63) is 36.0 Å². The fraction of sp³-hybridized carbons (Fsp3) is 0.409. The number of nitrogens with one attached hydrogen (secondary N) is 4. The number of thioether (sulfide) groups is 1. The second kappa shape index (κ2) is 13.3. The van der Waals surface area contributed by atoms with Crippen LogP contribution >= 0.6 is 11.8 Å². The van der Waals surface area contributed by atoms with Gasteiger partial charge in [-0.25, -0.2) is 4.79 Å². The second-order valence-corrected chi connectivity index (χ2v) is 8.71. The van der Waals surface area contributed by atoms with Gasteiger partial charge in [-0.3, -0.25) is 19.2 Å². The van der Waals surface area contributed by atoms with Gasteiger partial charge in [-0.05, 0) is 30.1 Å². The van der Waals surface area contributed by atoms with Crippen LogP contribution in [0.1, 0.15) is 18.4 Å². The van der Waals surface area contributed by atoms with Crippen molar-refractivity contribution in [3.63, 3.8) is 0 Å². The Hall–Kier alpha value is -3.58. The summed E-state index contributed by atoms with van der Waals surface area (Å²) in [6, 6.07) is 3.39. The average Bonchev–Trinajstić information content (AvgIpc) is 3.22. The zero-order valence-electron chi connectivity index (χ0n) is 19.1. The molecule has 3 amide bonds. The third-order valence-corrected chi connectivity index (χ3v) is 5.82. The third kappa shape index (κ3) is 8.30. The maximum absolute atomic E-state index is 13.0. The van der Waals surface area contributed by atoms with E-state index in [0.717, 1.165) is 10.9 Å². The highest BCUT2D eigenvalue weighted by molar-refractivity contribution is 7.98. The largest absolute Gasteiger partial charge is 0.481 e. The number of nitrogens with two attached hydrogens (primary N) is 1. The second-order valence-electron chi connectivity index (χ2n) is 7.73. The van der Waals surface area contributed by atoms with Gasteiger partial charge >= 0.3 is 11.9 Å². The van der Waals surface area contributed by atoms with E-state index in [4.69, 9.17) is 10.8 Å². The van der Waals surface area contributed by atoms with Gasteiger partial charge in [0.1, 0.15) is 18.1 Å². The topological polar surface area (TPSA) is 204 Å². The Morgan fingerprint density at radius 3 is 2.29 bits per heavy atom. The molecule has 1 aromatic heterocycles. The minimum absolute atomic E-state index is 0.0128. The van der Waals surface area contributed by atoms with Crippen LogP contribution in [0.15, 0.2) is 30.5 Å². The summed E-state index contributed by atoms with van der Waals surface area (Å²) in [6.45, 7) is -0.322. The van der Waals surface area contributed by atoms with Gasteiger partial charge in [0.2, 0.25) is 17.7 Å². The molecule has 13 heteroatoms. The fourth-order valence-electron chi connectivity index (χ4n) is 3.41. The molecule has 1 heterocycles. The lowest BCUT2D eigenvalue weighted by atomic mass is 10.0. The van der Waals surface area contributed by atoms with Crippen molar-refractivity contribution in [2.75, 3.05) is 18.6 Å². The molecule has 8 N–H and O–H groups in total. The Labute approximate surface area is 205 Å². The molecule has 0 fully saturated rings. The molecule has 0 bridgehead atoms. The highest BCUT2D eigenvalue weighted by Crippen LogP contribution is 2.19. The maximum Gasteiger partial charge on any atom is 0.326 e. The van der Waals surface area contributed by atoms with E-state index in [-0.39, 0.29) is 19.4 Å². The molecule has 0 radical (unpaired) electrons. The summed E-state index contributed by atoms with van der Waals surface area (Å²) in [5, 5.41) is 26.4. The molecule has 0 aliphatic heterocycles. The molecule has 0 spiro atoms. The lowest BCUT2D eigenvalue weighted by Crippen LogP contribution is -2.57. The molecule has 2 rings (SSSR count). The van der Waals surface area contributed by atoms with Gasteiger partial charge in [0, 0.05) is 23.5 Å². The molecule has 3 unspecified atom stereocenters. The van der Waals surface area contributed by atoms with Crippen molar-refractivity contribution < 1.29 is 34.2 Å². The summed E-state index contributed by atoms with van der Waals surface area (Å²) in [5.41, 5.74) is 6.82. The van der Waals surface area contributed by atoms with Crippen LogP contribution in [0.3, 0.4) is 0 Å². The molecular formula is C22H29N5O7S. The normalized spacial score (nSPS) is 13.4. The van der Waals surface area contributed by atoms with Crippen molar-refractivity contribution in [1.82, 2.24) is 20.9 Å². The first kappa shape index (κ1) is 27.7. The van der Waals surface area contributed by atoms with Gasteiger partial charge in [-0.15, -0.1) is 0 Å². The minimum Gasteiger partial charge on any atom is -0.481 e. The van der Waals surface area contributed by atoms with Crippen molar-refractivity contribution >= 4 is 52.3 Å². The highest BCUT2D eigenvalue weighted by Gasteiger charge is 2.31. The van der Waals surface area contributed by atoms with Crippen molar-refractivity contribution in [2.45, 2.75) is 37.4 Å². The summed E-state index contributed by atoms with van der Waals surface area (Å²) in [6.07, 6.45) is 2.93. The number of rotatable bonds is 14. The average molecular weight is 508 g/mol. The van der Waals surface area contributed by atoms with Crippen LogP contribution in [0, 0.1) is 0 Å². The molecule has 35 heavy (non-hydrogen) atoms. The van der Waals surface area contributed by atoms with E-state index >= 15 is 0 Å². The standard InChI is InChI=1S/C22H29N5O7S/c1-35-7-6-15(25-18(28)10-23)20(31)26-16(21(32)27-17(22(33)34)9-19(29)30)8-12-11-24-14-5-3-2-4-13(12)14/h2-5,11,15-17,24H,6-10,23H2,1H3,(H,25,28)(H,26,31)(H,27,32)(H,29,30)(H,33,34). The van der Waals surface area contributed by atoms with Crippen LogP contribution in [-0.4, -0.2) is 81.5 Å². The van der Waals surface area contributed by atoms with Gasteiger partial charge in [0.05, 0.1) is 13.0 Å². The van der Waals surface area contributed by atoms with Crippen molar-refractivity contribution in [3.8, 4) is 0 Å². The van der Waals surface area contributed by atoms with Crippen LogP contribution in [0.5, 0.6) is 0 Å². The first-order valence-electron chi connectivity index (χ1n) is 10.7. The maximum atomic E-state index is 13.0. The lowest BCUT2D eigenvalue weighted by Gasteiger charge is -2.24. The van der Waals surface area contributed by atoms with Crippen LogP contribution in [0.2, 0.25) is 0 Å². The number of fused-ring (bicyclic) bond motifs is 1. The third-order valence-electron chi connectivity index (χ3n) is 5.17. The number of para-hydroxylation sites is 1. The minimum atomic E-state index is -1.69. The Morgan fingerprint density at radius 1 is 1.00 bits per heavy atom. The van der Waals surface area contributed by atoms with Gasteiger partial charge in [-0.2, -0.15) is 11.8 Å². The molecule has 0 aliphatic carbocycles. The van der Waals surface area contributed by atoms with E-state index in [9.17, 15) is 29.1 Å². The summed E-state index contributed by atoms with van der Waals surface area (Å²) >= 11 is 1.46. The van der Waals surface area contributed by atoms with Gasteiger partial charge in [0.15, 0.2) is 0 Å². The summed E-state index contributed by atoms with van der Waals surface area (Å²) < 4.78 is 0. The van der Waals surface area contributed by atoms with Crippen LogP contribution in [-0.2, 0) is 30.4 Å². The molecule has 190 valence electrons. The number of hydrogen-bond donors (Lipinski definition) is 7. The number of hydrogen-bond acceptors (Lipinski definition) is 7. The predicted octanol–water partition coefficient (Wildman–Crippen LogP) is -0.564. The van der Waals surface area contributed by atoms with E-state index in [1.165, 1.54) is 11.8 Å². The predicted molar refractivity (Wildman–Crippen MR) is 130 cm³/mol. The monoisotopic (exact) mass is 507 g/mol.